The van der Waals surface area contributed by atoms with E-state index in [4.69, 9.17) is 10.5 Å². The van der Waals surface area contributed by atoms with Gasteiger partial charge in [-0.15, -0.1) is 0 Å². The van der Waals surface area contributed by atoms with Crippen LogP contribution >= 0.6 is 0 Å². The van der Waals surface area contributed by atoms with Crippen LogP contribution in [0.4, 0.5) is 0 Å². The van der Waals surface area contributed by atoms with E-state index in [9.17, 15) is 24.6 Å². The highest BCUT2D eigenvalue weighted by Crippen LogP contribution is 2.32. The average molecular weight is 447 g/mol. The van der Waals surface area contributed by atoms with Gasteiger partial charge >= 0.3 is 5.69 Å². The number of nitrogens with two attached hydrogens (primary N) is 1. The highest BCUT2D eigenvalue weighted by atomic mass is 16.5. The minimum atomic E-state index is -1.54. The van der Waals surface area contributed by atoms with Crippen molar-refractivity contribution < 1.29 is 19.7 Å². The average Bonchev–Trinajstić information content (AvgIpc) is 2.77. The van der Waals surface area contributed by atoms with Crippen molar-refractivity contribution in [3.8, 4) is 5.75 Å². The topological polar surface area (TPSA) is 151 Å². The molecule has 1 aromatic heterocycles. The molecule has 3 rings (SSSR count). The number of hydrogen-bond donors (Lipinski definition) is 4. The van der Waals surface area contributed by atoms with Crippen molar-refractivity contribution in [1.82, 2.24) is 14.5 Å². The van der Waals surface area contributed by atoms with Gasteiger partial charge in [-0.05, 0) is 50.5 Å². The number of ether oxygens (including phenoxy) is 1. The molecule has 5 N–H and O–H groups in total. The molecule has 1 saturated carbocycles. The first kappa shape index (κ1) is 23.7. The minimum Gasteiger partial charge on any atom is -0.492 e. The first-order valence-corrected chi connectivity index (χ1v) is 10.6. The van der Waals surface area contributed by atoms with Gasteiger partial charge in [-0.1, -0.05) is 0 Å². The largest absolute Gasteiger partial charge is 0.492 e. The Labute approximate surface area is 185 Å². The van der Waals surface area contributed by atoms with Crippen molar-refractivity contribution in [2.45, 2.75) is 50.5 Å². The third kappa shape index (κ3) is 5.09. The number of aliphatic hydroxyl groups excluding tert-OH is 1. The Hall–Kier alpha value is -2.95. The molecule has 0 spiro atoms. The molecular weight excluding hydrogens is 416 g/mol. The molecule has 174 valence electrons. The zero-order chi connectivity index (χ0) is 23.5. The summed E-state index contributed by atoms with van der Waals surface area (Å²) in [6.45, 7) is 2.19. The first-order valence-electron chi connectivity index (χ1n) is 10.6. The van der Waals surface area contributed by atoms with Gasteiger partial charge in [0.25, 0.3) is 11.5 Å². The van der Waals surface area contributed by atoms with E-state index >= 15 is 0 Å². The molecule has 1 fully saturated rings. The summed E-state index contributed by atoms with van der Waals surface area (Å²) in [5, 5.41) is 21.7. The highest BCUT2D eigenvalue weighted by Gasteiger charge is 2.43. The fraction of sp³-hybridized carbons (Fsp3) is 0.500. The van der Waals surface area contributed by atoms with E-state index in [2.05, 4.69) is 4.98 Å². The number of carbonyl (C=O) groups is 1. The number of aromatic amines is 1. The Bertz CT molecular complexity index is 1060. The van der Waals surface area contributed by atoms with E-state index in [0.29, 0.717) is 36.4 Å². The van der Waals surface area contributed by atoms with E-state index in [-0.39, 0.29) is 31.3 Å². The standard InChI is InChI=1S/C22H30N4O6/c1-14-12-26(21(30)24-19(14)28)13-22(31)8-7-16(11-18(22)27)25(2)20(29)15-3-5-17(6-4-15)32-10-9-23/h3-6,12,16,18,27,31H,7-11,13,23H2,1-2H3,(H,24,28,30)/t16-,18+,22+/m0/s1. The Kier molecular flexibility index (Phi) is 7.17. The third-order valence-corrected chi connectivity index (χ3v) is 6.02. The second kappa shape index (κ2) is 9.68. The molecule has 0 saturated heterocycles. The van der Waals surface area contributed by atoms with Gasteiger partial charge in [0.2, 0.25) is 0 Å². The molecule has 1 aliphatic carbocycles. The van der Waals surface area contributed by atoms with Crippen LogP contribution in [0.15, 0.2) is 40.1 Å². The SMILES string of the molecule is Cc1cn(C[C@]2(O)CC[C@H](N(C)C(=O)c3ccc(OCCN)cc3)C[C@H]2O)c(=O)[nH]c1=O. The lowest BCUT2D eigenvalue weighted by atomic mass is 9.79. The maximum absolute atomic E-state index is 12.9. The minimum absolute atomic E-state index is 0.154. The molecule has 1 amide bonds. The van der Waals surface area contributed by atoms with E-state index < -0.39 is 23.0 Å². The van der Waals surface area contributed by atoms with Crippen LogP contribution in [0.1, 0.15) is 35.2 Å². The summed E-state index contributed by atoms with van der Waals surface area (Å²) >= 11 is 0. The number of nitrogens with zero attached hydrogens (tertiary/aromatic N) is 2. The lowest BCUT2D eigenvalue weighted by Crippen LogP contribution is -2.55. The summed E-state index contributed by atoms with van der Waals surface area (Å²) < 4.78 is 6.62. The van der Waals surface area contributed by atoms with Gasteiger partial charge in [0, 0.05) is 37.0 Å². The summed E-state index contributed by atoms with van der Waals surface area (Å²) in [6.07, 6.45) is 1.02. The quantitative estimate of drug-likeness (QED) is 0.452. The molecule has 0 aliphatic heterocycles. The van der Waals surface area contributed by atoms with Gasteiger partial charge in [-0.3, -0.25) is 19.1 Å². The number of benzene rings is 1. The highest BCUT2D eigenvalue weighted by molar-refractivity contribution is 5.94. The second-order valence-electron chi connectivity index (χ2n) is 8.32. The summed E-state index contributed by atoms with van der Waals surface area (Å²) in [4.78, 5) is 40.3. The van der Waals surface area contributed by atoms with Gasteiger partial charge in [-0.2, -0.15) is 0 Å². The Morgan fingerprint density at radius 3 is 2.66 bits per heavy atom. The van der Waals surface area contributed by atoms with Crippen LogP contribution in [-0.4, -0.2) is 68.5 Å². The van der Waals surface area contributed by atoms with Gasteiger partial charge in [0.1, 0.15) is 18.0 Å². The number of amides is 1. The van der Waals surface area contributed by atoms with Gasteiger partial charge in [0.05, 0.1) is 12.6 Å². The van der Waals surface area contributed by atoms with Crippen LogP contribution in [0, 0.1) is 6.92 Å². The van der Waals surface area contributed by atoms with Crippen LogP contribution in [0.3, 0.4) is 0 Å². The van der Waals surface area contributed by atoms with Gasteiger partial charge in [-0.25, -0.2) is 4.79 Å². The fourth-order valence-corrected chi connectivity index (χ4v) is 3.99. The Morgan fingerprint density at radius 1 is 1.34 bits per heavy atom. The first-order chi connectivity index (χ1) is 15.1. The van der Waals surface area contributed by atoms with Crippen LogP contribution in [0.5, 0.6) is 5.75 Å². The normalized spacial score (nSPS) is 23.0. The van der Waals surface area contributed by atoms with Crippen molar-refractivity contribution in [2.24, 2.45) is 5.73 Å². The summed E-state index contributed by atoms with van der Waals surface area (Å²) in [5.74, 6) is 0.422. The summed E-state index contributed by atoms with van der Waals surface area (Å²) in [6, 6.07) is 6.47. The molecule has 10 nitrogen and oxygen atoms in total. The lowest BCUT2D eigenvalue weighted by molar-refractivity contribution is -0.122. The molecule has 32 heavy (non-hydrogen) atoms. The van der Waals surface area contributed by atoms with Crippen LogP contribution in [0.25, 0.3) is 0 Å². The predicted molar refractivity (Wildman–Crippen MR) is 118 cm³/mol. The number of aromatic nitrogens is 2. The molecule has 3 atom stereocenters. The zero-order valence-electron chi connectivity index (χ0n) is 18.3. The maximum Gasteiger partial charge on any atom is 0.328 e. The summed E-state index contributed by atoms with van der Waals surface area (Å²) in [5.41, 5.74) is 3.56. The van der Waals surface area contributed by atoms with Crippen molar-refractivity contribution in [2.75, 3.05) is 20.2 Å². The molecule has 2 aromatic rings. The van der Waals surface area contributed by atoms with Gasteiger partial charge in [0.15, 0.2) is 0 Å². The number of hydrogen-bond acceptors (Lipinski definition) is 7. The fourth-order valence-electron chi connectivity index (χ4n) is 3.99. The van der Waals surface area contributed by atoms with Crippen LogP contribution in [0.2, 0.25) is 0 Å². The molecule has 1 aromatic carbocycles. The second-order valence-corrected chi connectivity index (χ2v) is 8.32. The van der Waals surface area contributed by atoms with Gasteiger partial charge < -0.3 is 25.6 Å². The van der Waals surface area contributed by atoms with Crippen molar-refractivity contribution in [3.63, 3.8) is 0 Å². The molecule has 0 unspecified atom stereocenters. The van der Waals surface area contributed by atoms with Crippen LogP contribution < -0.4 is 21.7 Å². The number of aliphatic hydroxyl groups is 2. The predicted octanol–water partition coefficient (Wildman–Crippen LogP) is -0.401. The third-order valence-electron chi connectivity index (χ3n) is 6.02. The molecule has 1 heterocycles. The van der Waals surface area contributed by atoms with E-state index in [1.807, 2.05) is 0 Å². The molecular formula is C22H30N4O6. The lowest BCUT2D eigenvalue weighted by Gasteiger charge is -2.43. The van der Waals surface area contributed by atoms with Crippen molar-refractivity contribution in [3.05, 3.63) is 62.4 Å². The van der Waals surface area contributed by atoms with E-state index in [0.717, 1.165) is 0 Å². The molecule has 0 bridgehead atoms. The zero-order valence-corrected chi connectivity index (χ0v) is 18.3. The van der Waals surface area contributed by atoms with Crippen molar-refractivity contribution >= 4 is 5.91 Å². The number of rotatable bonds is 7. The van der Waals surface area contributed by atoms with E-state index in [1.54, 1.807) is 43.1 Å². The number of carbonyl (C=O) groups excluding carboxylic acids is 1. The Morgan fingerprint density at radius 2 is 2.03 bits per heavy atom. The van der Waals surface area contributed by atoms with Crippen LogP contribution in [-0.2, 0) is 6.54 Å². The molecule has 0 radical (unpaired) electrons. The maximum atomic E-state index is 12.9. The Balaban J connectivity index is 1.66. The summed E-state index contributed by atoms with van der Waals surface area (Å²) in [7, 11) is 1.67. The van der Waals surface area contributed by atoms with E-state index in [1.165, 1.54) is 10.8 Å². The van der Waals surface area contributed by atoms with Crippen molar-refractivity contribution in [1.29, 1.82) is 0 Å². The molecule has 10 heteroatoms. The smallest absolute Gasteiger partial charge is 0.328 e. The monoisotopic (exact) mass is 446 g/mol. The molecule has 1 aliphatic rings. The number of nitrogens with one attached hydrogen (secondary N) is 1. The number of aryl methyl sites for hydroxylation is 1. The number of H-pyrrole nitrogens is 1.